The van der Waals surface area contributed by atoms with Crippen molar-refractivity contribution in [2.24, 2.45) is 0 Å². The maximum atomic E-state index is 14.9. The number of hydrogen-bond donors (Lipinski definition) is 3. The number of anilines is 1. The van der Waals surface area contributed by atoms with Gasteiger partial charge in [-0.2, -0.15) is 13.2 Å². The second kappa shape index (κ2) is 15.0. The molecule has 14 heteroatoms. The molecule has 236 valence electrons. The van der Waals surface area contributed by atoms with Gasteiger partial charge in [0.1, 0.15) is 36.7 Å². The van der Waals surface area contributed by atoms with Gasteiger partial charge in [-0.15, -0.1) is 0 Å². The van der Waals surface area contributed by atoms with Crippen LogP contribution in [0, 0.1) is 17.5 Å². The number of ether oxygens (including phenoxy) is 2. The van der Waals surface area contributed by atoms with Gasteiger partial charge in [0.15, 0.2) is 0 Å². The number of halogens is 6. The van der Waals surface area contributed by atoms with Crippen LogP contribution in [0.3, 0.4) is 0 Å². The van der Waals surface area contributed by atoms with Crippen LogP contribution in [0.15, 0.2) is 60.9 Å². The molecule has 3 N–H and O–H groups in total. The maximum Gasteiger partial charge on any atom is 0.407 e. The number of hydrogen-bond acceptors (Lipinski definition) is 6. The quantitative estimate of drug-likeness (QED) is 0.253. The highest BCUT2D eigenvalue weighted by Gasteiger charge is 2.29. The molecule has 1 aliphatic heterocycles. The van der Waals surface area contributed by atoms with E-state index >= 15 is 0 Å². The van der Waals surface area contributed by atoms with Crippen molar-refractivity contribution < 1.29 is 45.4 Å². The summed E-state index contributed by atoms with van der Waals surface area (Å²) in [7, 11) is 0. The zero-order valence-electron chi connectivity index (χ0n) is 23.3. The fraction of sp³-hybridized carbons (Fsp3) is 0.367. The van der Waals surface area contributed by atoms with Crippen molar-refractivity contribution in [3.63, 3.8) is 0 Å². The molecule has 2 heterocycles. The van der Waals surface area contributed by atoms with E-state index in [0.29, 0.717) is 24.1 Å². The average Bonchev–Trinajstić information content (AvgIpc) is 2.98. The summed E-state index contributed by atoms with van der Waals surface area (Å²) in [6.07, 6.45) is -4.24. The molecule has 0 unspecified atom stereocenters. The van der Waals surface area contributed by atoms with Gasteiger partial charge in [-0.25, -0.2) is 18.0 Å². The normalized spacial score (nSPS) is 16.9. The van der Waals surface area contributed by atoms with Crippen molar-refractivity contribution in [3.05, 3.63) is 95.1 Å². The largest absolute Gasteiger partial charge is 0.447 e. The lowest BCUT2D eigenvalue weighted by Crippen LogP contribution is -2.47. The summed E-state index contributed by atoms with van der Waals surface area (Å²) < 4.78 is 89.4. The number of nitrogens with zero attached hydrogens (tertiary/aromatic N) is 1. The lowest BCUT2D eigenvalue weighted by atomic mass is 9.88. The van der Waals surface area contributed by atoms with Crippen molar-refractivity contribution in [3.8, 4) is 0 Å². The third kappa shape index (κ3) is 9.95. The third-order valence-electron chi connectivity index (χ3n) is 6.89. The number of morpholine rings is 1. The van der Waals surface area contributed by atoms with E-state index in [2.05, 4.69) is 15.6 Å². The lowest BCUT2D eigenvalue weighted by Gasteiger charge is -2.30. The second-order valence-corrected chi connectivity index (χ2v) is 10.2. The Bertz CT molecular complexity index is 1360. The van der Waals surface area contributed by atoms with E-state index < -0.39 is 60.3 Å². The summed E-state index contributed by atoms with van der Waals surface area (Å²) in [5.41, 5.74) is 1.59. The number of pyridine rings is 1. The number of aromatic nitrogens is 1. The zero-order valence-corrected chi connectivity index (χ0v) is 23.3. The Labute approximate surface area is 249 Å². The van der Waals surface area contributed by atoms with E-state index in [9.17, 15) is 35.9 Å². The Balaban J connectivity index is 1.36. The van der Waals surface area contributed by atoms with Crippen molar-refractivity contribution in [1.29, 1.82) is 0 Å². The van der Waals surface area contributed by atoms with E-state index in [-0.39, 0.29) is 37.2 Å². The highest BCUT2D eigenvalue weighted by atomic mass is 19.4. The summed E-state index contributed by atoms with van der Waals surface area (Å²) in [6, 6.07) is 11.2. The van der Waals surface area contributed by atoms with Gasteiger partial charge in [0, 0.05) is 31.0 Å². The van der Waals surface area contributed by atoms with E-state index in [1.165, 1.54) is 54.7 Å². The summed E-state index contributed by atoms with van der Waals surface area (Å²) in [5, 5.41) is 7.40. The highest BCUT2D eigenvalue weighted by molar-refractivity contribution is 5.92. The molecule has 0 radical (unpaired) electrons. The fourth-order valence-electron chi connectivity index (χ4n) is 4.77. The molecular weight excluding hydrogens is 594 g/mol. The summed E-state index contributed by atoms with van der Waals surface area (Å²) in [6.45, 7) is -1.13. The van der Waals surface area contributed by atoms with Crippen LogP contribution in [-0.2, 0) is 20.7 Å². The van der Waals surface area contributed by atoms with E-state index in [4.69, 9.17) is 9.47 Å². The average molecular weight is 625 g/mol. The number of carbonyl (C=O) groups excluding carboxylic acids is 2. The number of rotatable bonds is 11. The first-order valence-corrected chi connectivity index (χ1v) is 13.7. The van der Waals surface area contributed by atoms with E-state index in [1.807, 2.05) is 0 Å². The molecule has 44 heavy (non-hydrogen) atoms. The Kier molecular flexibility index (Phi) is 11.2. The number of nitrogens with one attached hydrogen (secondary N) is 3. The monoisotopic (exact) mass is 624 g/mol. The van der Waals surface area contributed by atoms with Crippen molar-refractivity contribution in [1.82, 2.24) is 15.6 Å². The minimum Gasteiger partial charge on any atom is -0.447 e. The number of alkyl halides is 3. The first kappa shape index (κ1) is 32.7. The standard InChI is InChI=1S/C30H30F6N4O4/c31-20-5-1-18(2-6-20)25(19-3-7-21(32)8-4-19)11-28(41)40-27-15-38-14-26(33)24(27)10-9-22-12-37-13-23(44-22)16-43-29(42)39-17-30(34,35)36/h1-8,14-15,22-23,25,37H,9-13,16-17H2,(H,39,42)(H,40,41)/t22-,23+/m1/s1. The van der Waals surface area contributed by atoms with Crippen molar-refractivity contribution in [2.45, 2.75) is 43.6 Å². The molecule has 1 saturated heterocycles. The SMILES string of the molecule is O=C(CC(c1ccc(F)cc1)c1ccc(F)cc1)Nc1cncc(F)c1CC[C@@H]1CNC[C@@H](COC(=O)NCC(F)(F)F)O1. The number of benzene rings is 2. The van der Waals surface area contributed by atoms with Crippen LogP contribution in [0.2, 0.25) is 0 Å². The van der Waals surface area contributed by atoms with Crippen LogP contribution in [0.4, 0.5) is 36.8 Å². The predicted molar refractivity (Wildman–Crippen MR) is 147 cm³/mol. The van der Waals surface area contributed by atoms with Gasteiger partial charge in [0.05, 0.1) is 24.2 Å². The molecule has 0 saturated carbocycles. The summed E-state index contributed by atoms with van der Waals surface area (Å²) in [5.74, 6) is -2.57. The molecule has 2 atom stereocenters. The van der Waals surface area contributed by atoms with Gasteiger partial charge >= 0.3 is 12.3 Å². The molecule has 1 aromatic heterocycles. The van der Waals surface area contributed by atoms with E-state index in [1.54, 1.807) is 5.32 Å². The molecule has 2 amide bonds. The van der Waals surface area contributed by atoms with Gasteiger partial charge in [0.25, 0.3) is 0 Å². The molecule has 4 rings (SSSR count). The van der Waals surface area contributed by atoms with Crippen LogP contribution in [-0.4, -0.2) is 61.6 Å². The van der Waals surface area contributed by atoms with Crippen molar-refractivity contribution in [2.75, 3.05) is 31.6 Å². The van der Waals surface area contributed by atoms with Crippen molar-refractivity contribution >= 4 is 17.7 Å². The molecule has 2 aromatic carbocycles. The number of amides is 2. The predicted octanol–water partition coefficient (Wildman–Crippen LogP) is 5.24. The topological polar surface area (TPSA) is 102 Å². The van der Waals surface area contributed by atoms with Gasteiger partial charge in [-0.3, -0.25) is 9.78 Å². The fourth-order valence-corrected chi connectivity index (χ4v) is 4.77. The Hall–Kier alpha value is -4.17. The van der Waals surface area contributed by atoms with Gasteiger partial charge in [-0.1, -0.05) is 24.3 Å². The molecule has 0 bridgehead atoms. The molecule has 3 aromatic rings. The van der Waals surface area contributed by atoms with Crippen LogP contribution in [0.25, 0.3) is 0 Å². The van der Waals surface area contributed by atoms with Crippen LogP contribution in [0.1, 0.15) is 35.4 Å². The molecule has 0 aliphatic carbocycles. The molecule has 1 aliphatic rings. The molecular formula is C30H30F6N4O4. The Morgan fingerprint density at radius 1 is 0.955 bits per heavy atom. The summed E-state index contributed by atoms with van der Waals surface area (Å²) in [4.78, 5) is 28.6. The third-order valence-corrected chi connectivity index (χ3v) is 6.89. The Morgan fingerprint density at radius 2 is 1.57 bits per heavy atom. The maximum absolute atomic E-state index is 14.9. The lowest BCUT2D eigenvalue weighted by molar-refractivity contribution is -0.124. The van der Waals surface area contributed by atoms with Crippen LogP contribution in [0.5, 0.6) is 0 Å². The minimum absolute atomic E-state index is 0.110. The first-order chi connectivity index (χ1) is 21.0. The first-order valence-electron chi connectivity index (χ1n) is 13.7. The number of alkyl carbamates (subject to hydrolysis) is 1. The van der Waals surface area contributed by atoms with Gasteiger partial charge < -0.3 is 25.4 Å². The minimum atomic E-state index is -4.57. The van der Waals surface area contributed by atoms with E-state index in [0.717, 1.165) is 6.20 Å². The van der Waals surface area contributed by atoms with Crippen LogP contribution < -0.4 is 16.0 Å². The molecule has 0 spiro atoms. The molecule has 1 fully saturated rings. The van der Waals surface area contributed by atoms with Gasteiger partial charge in [-0.05, 0) is 48.2 Å². The highest BCUT2D eigenvalue weighted by Crippen LogP contribution is 2.30. The second-order valence-electron chi connectivity index (χ2n) is 10.2. The zero-order chi connectivity index (χ0) is 31.7. The summed E-state index contributed by atoms with van der Waals surface area (Å²) >= 11 is 0. The smallest absolute Gasteiger partial charge is 0.407 e. The number of carbonyl (C=O) groups is 2. The van der Waals surface area contributed by atoms with Gasteiger partial charge in [0.2, 0.25) is 5.91 Å². The Morgan fingerprint density at radius 3 is 2.18 bits per heavy atom. The molecule has 8 nitrogen and oxygen atoms in total. The van der Waals surface area contributed by atoms with Crippen LogP contribution >= 0.6 is 0 Å².